The molecule has 0 spiro atoms. The minimum atomic E-state index is -0.364. The average molecular weight is 421 g/mol. The van der Waals surface area contributed by atoms with Crippen LogP contribution in [0.25, 0.3) is 0 Å². The molecule has 0 saturated heterocycles. The van der Waals surface area contributed by atoms with E-state index < -0.39 is 0 Å². The molecular weight excluding hydrogens is 400 g/mol. The number of hydrazone groups is 1. The van der Waals surface area contributed by atoms with E-state index in [9.17, 15) is 4.79 Å². The minimum absolute atomic E-state index is 0.322. The van der Waals surface area contributed by atoms with Crippen molar-refractivity contribution in [3.8, 4) is 11.5 Å². The molecule has 0 aromatic heterocycles. The summed E-state index contributed by atoms with van der Waals surface area (Å²) in [7, 11) is 0. The van der Waals surface area contributed by atoms with Crippen molar-refractivity contribution in [2.75, 3.05) is 6.61 Å². The van der Waals surface area contributed by atoms with Crippen molar-refractivity contribution < 1.29 is 14.3 Å². The maximum absolute atomic E-state index is 12.6. The second-order valence-electron chi connectivity index (χ2n) is 6.28. The van der Waals surface area contributed by atoms with Crippen LogP contribution in [-0.2, 0) is 6.61 Å². The van der Waals surface area contributed by atoms with Crippen LogP contribution in [0.15, 0.2) is 90.6 Å². The Bertz CT molecular complexity index is 1030. The summed E-state index contributed by atoms with van der Waals surface area (Å²) < 4.78 is 11.3. The summed E-state index contributed by atoms with van der Waals surface area (Å²) in [5.74, 6) is 0.808. The van der Waals surface area contributed by atoms with Crippen LogP contribution in [0, 0.1) is 0 Å². The van der Waals surface area contributed by atoms with Gasteiger partial charge in [0, 0.05) is 5.02 Å². The molecule has 5 nitrogen and oxygen atoms in total. The largest absolute Gasteiger partial charge is 0.490 e. The van der Waals surface area contributed by atoms with Gasteiger partial charge >= 0.3 is 0 Å². The van der Waals surface area contributed by atoms with Gasteiger partial charge in [0.25, 0.3) is 5.91 Å². The summed E-state index contributed by atoms with van der Waals surface area (Å²) in [6.45, 7) is 4.36. The lowest BCUT2D eigenvalue weighted by Crippen LogP contribution is -2.18. The van der Waals surface area contributed by atoms with Crippen molar-refractivity contribution in [3.63, 3.8) is 0 Å². The first kappa shape index (κ1) is 21.1. The monoisotopic (exact) mass is 420 g/mol. The normalized spacial score (nSPS) is 10.6. The highest BCUT2D eigenvalue weighted by Crippen LogP contribution is 2.20. The van der Waals surface area contributed by atoms with Crippen LogP contribution < -0.4 is 14.9 Å². The molecule has 0 radical (unpaired) electrons. The Morgan fingerprint density at radius 1 is 1.03 bits per heavy atom. The van der Waals surface area contributed by atoms with Crippen molar-refractivity contribution in [1.82, 2.24) is 5.43 Å². The first-order valence-corrected chi connectivity index (χ1v) is 9.67. The van der Waals surface area contributed by atoms with Crippen LogP contribution in [0.4, 0.5) is 0 Å². The SMILES string of the molecule is C=CCOc1cccc(C=NNC(=O)c2ccccc2OCc2ccc(Cl)cc2)c1. The van der Waals surface area contributed by atoms with Gasteiger partial charge in [0.2, 0.25) is 0 Å². The van der Waals surface area contributed by atoms with Gasteiger partial charge in [0.15, 0.2) is 0 Å². The lowest BCUT2D eigenvalue weighted by Gasteiger charge is -2.10. The van der Waals surface area contributed by atoms with Crippen molar-refractivity contribution in [3.05, 3.63) is 107 Å². The molecule has 0 unspecified atom stereocenters. The maximum atomic E-state index is 12.6. The predicted molar refractivity (Wildman–Crippen MR) is 119 cm³/mol. The summed E-state index contributed by atoms with van der Waals surface area (Å²) in [4.78, 5) is 12.6. The fraction of sp³-hybridized carbons (Fsp3) is 0.0833. The smallest absolute Gasteiger partial charge is 0.275 e. The van der Waals surface area contributed by atoms with Gasteiger partial charge < -0.3 is 9.47 Å². The highest BCUT2D eigenvalue weighted by atomic mass is 35.5. The van der Waals surface area contributed by atoms with E-state index in [-0.39, 0.29) is 5.91 Å². The first-order valence-electron chi connectivity index (χ1n) is 9.29. The highest BCUT2D eigenvalue weighted by molar-refractivity contribution is 6.30. The number of hydrogen-bond acceptors (Lipinski definition) is 4. The third-order valence-corrected chi connectivity index (χ3v) is 4.30. The number of amides is 1. The van der Waals surface area contributed by atoms with Crippen LogP contribution in [0.2, 0.25) is 5.02 Å². The molecular formula is C24H21ClN2O3. The Balaban J connectivity index is 1.62. The lowest BCUT2D eigenvalue weighted by molar-refractivity contribution is 0.0950. The van der Waals surface area contributed by atoms with Gasteiger partial charge in [-0.25, -0.2) is 5.43 Å². The molecule has 0 aliphatic rings. The molecule has 3 aromatic rings. The number of benzene rings is 3. The highest BCUT2D eigenvalue weighted by Gasteiger charge is 2.11. The molecule has 0 heterocycles. The Labute approximate surface area is 180 Å². The Hall–Kier alpha value is -3.57. The number of rotatable bonds is 9. The van der Waals surface area contributed by atoms with Crippen LogP contribution in [0.5, 0.6) is 11.5 Å². The van der Waals surface area contributed by atoms with E-state index >= 15 is 0 Å². The van der Waals surface area contributed by atoms with E-state index in [0.29, 0.717) is 35.3 Å². The molecule has 0 aliphatic heterocycles. The average Bonchev–Trinajstić information content (AvgIpc) is 2.78. The third kappa shape index (κ3) is 6.22. The standard InChI is InChI=1S/C24H21ClN2O3/c1-2-14-29-21-7-5-6-19(15-21)16-26-27-24(28)22-8-3-4-9-23(22)30-17-18-10-12-20(25)13-11-18/h2-13,15-16H,1,14,17H2,(H,27,28). The number of ether oxygens (including phenoxy) is 2. The number of nitrogens with one attached hydrogen (secondary N) is 1. The van der Waals surface area contributed by atoms with Gasteiger partial charge in [-0.05, 0) is 47.5 Å². The van der Waals surface area contributed by atoms with E-state index in [1.54, 1.807) is 42.6 Å². The molecule has 3 rings (SSSR count). The molecule has 3 aromatic carbocycles. The third-order valence-electron chi connectivity index (χ3n) is 4.04. The number of hydrogen-bond donors (Lipinski definition) is 1. The quantitative estimate of drug-likeness (QED) is 0.292. The van der Waals surface area contributed by atoms with Gasteiger partial charge in [-0.15, -0.1) is 0 Å². The first-order chi connectivity index (χ1) is 14.7. The molecule has 1 amide bonds. The molecule has 30 heavy (non-hydrogen) atoms. The van der Waals surface area contributed by atoms with Crippen LogP contribution >= 0.6 is 11.6 Å². The molecule has 152 valence electrons. The molecule has 0 atom stereocenters. The van der Waals surface area contributed by atoms with Gasteiger partial charge in [-0.1, -0.05) is 60.7 Å². The Morgan fingerprint density at radius 3 is 2.63 bits per heavy atom. The second-order valence-corrected chi connectivity index (χ2v) is 6.72. The van der Waals surface area contributed by atoms with Crippen molar-refractivity contribution >= 4 is 23.7 Å². The zero-order valence-electron chi connectivity index (χ0n) is 16.3. The zero-order chi connectivity index (χ0) is 21.2. The summed E-state index contributed by atoms with van der Waals surface area (Å²) in [6, 6.07) is 21.7. The van der Waals surface area contributed by atoms with Gasteiger partial charge in [0.1, 0.15) is 24.7 Å². The molecule has 0 bridgehead atoms. The summed E-state index contributed by atoms with van der Waals surface area (Å²) in [5, 5.41) is 4.70. The van der Waals surface area contributed by atoms with Crippen LogP contribution in [0.1, 0.15) is 21.5 Å². The topological polar surface area (TPSA) is 59.9 Å². The van der Waals surface area contributed by atoms with Crippen molar-refractivity contribution in [1.29, 1.82) is 0 Å². The summed E-state index contributed by atoms with van der Waals surface area (Å²) in [6.07, 6.45) is 3.23. The Morgan fingerprint density at radius 2 is 1.83 bits per heavy atom. The van der Waals surface area contributed by atoms with Crippen LogP contribution in [-0.4, -0.2) is 18.7 Å². The zero-order valence-corrected chi connectivity index (χ0v) is 17.0. The van der Waals surface area contributed by atoms with E-state index in [1.165, 1.54) is 0 Å². The number of carbonyl (C=O) groups is 1. The minimum Gasteiger partial charge on any atom is -0.490 e. The molecule has 0 saturated carbocycles. The fourth-order valence-electron chi connectivity index (χ4n) is 2.59. The van der Waals surface area contributed by atoms with E-state index in [0.717, 1.165) is 11.1 Å². The Kier molecular flexibility index (Phi) is 7.64. The van der Waals surface area contributed by atoms with E-state index in [2.05, 4.69) is 17.1 Å². The van der Waals surface area contributed by atoms with Crippen LogP contribution in [0.3, 0.4) is 0 Å². The number of halogens is 1. The van der Waals surface area contributed by atoms with E-state index in [4.69, 9.17) is 21.1 Å². The van der Waals surface area contributed by atoms with Gasteiger partial charge in [0.05, 0.1) is 11.8 Å². The van der Waals surface area contributed by atoms with Crippen molar-refractivity contribution in [2.24, 2.45) is 5.10 Å². The molecule has 0 fully saturated rings. The van der Waals surface area contributed by atoms with Crippen molar-refractivity contribution in [2.45, 2.75) is 6.61 Å². The molecule has 6 heteroatoms. The number of para-hydroxylation sites is 1. The number of nitrogens with zero attached hydrogens (tertiary/aromatic N) is 1. The molecule has 1 N–H and O–H groups in total. The fourth-order valence-corrected chi connectivity index (χ4v) is 2.71. The van der Waals surface area contributed by atoms with E-state index in [1.807, 2.05) is 42.5 Å². The number of carbonyl (C=O) groups excluding carboxylic acids is 1. The molecule has 0 aliphatic carbocycles. The second kappa shape index (κ2) is 10.8. The predicted octanol–water partition coefficient (Wildman–Crippen LogP) is 5.25. The lowest BCUT2D eigenvalue weighted by atomic mass is 10.2. The summed E-state index contributed by atoms with van der Waals surface area (Å²) >= 11 is 5.90. The summed E-state index contributed by atoms with van der Waals surface area (Å²) in [5.41, 5.74) is 4.67. The van der Waals surface area contributed by atoms with Gasteiger partial charge in [-0.2, -0.15) is 5.10 Å². The van der Waals surface area contributed by atoms with Gasteiger partial charge in [-0.3, -0.25) is 4.79 Å². The maximum Gasteiger partial charge on any atom is 0.275 e.